The molecule has 0 aliphatic carbocycles. The van der Waals surface area contributed by atoms with Crippen LogP contribution in [0.15, 0.2) is 36.4 Å². The lowest BCUT2D eigenvalue weighted by atomic mass is 9.99. The molecule has 0 aromatic heterocycles. The van der Waals surface area contributed by atoms with Gasteiger partial charge in [-0.2, -0.15) is 0 Å². The van der Waals surface area contributed by atoms with Crippen LogP contribution < -0.4 is 0 Å². The fourth-order valence-corrected chi connectivity index (χ4v) is 2.50. The molecule has 0 atom stereocenters. The summed E-state index contributed by atoms with van der Waals surface area (Å²) >= 11 is 12.3. The van der Waals surface area contributed by atoms with Gasteiger partial charge in [-0.15, -0.1) is 0 Å². The fraction of sp³-hybridized carbons (Fsp3) is 0.143. The lowest BCUT2D eigenvalue weighted by Gasteiger charge is -2.09. The molecule has 0 bridgehead atoms. The van der Waals surface area contributed by atoms with Gasteiger partial charge in [-0.05, 0) is 48.7 Å². The molecule has 2 aromatic rings. The predicted octanol–water partition coefficient (Wildman–Crippen LogP) is 5.28. The van der Waals surface area contributed by atoms with Crippen molar-refractivity contribution in [3.05, 3.63) is 57.6 Å². The van der Waals surface area contributed by atoms with Crippen LogP contribution in [0.25, 0.3) is 11.1 Å². The Morgan fingerprint density at radius 3 is 2.31 bits per heavy atom. The van der Waals surface area contributed by atoms with Gasteiger partial charge < -0.3 is 0 Å². The standard InChI is InChI=1S/C14H12Cl2/c1-9-6-11(8-12(15)7-9)14-10(2)4-3-5-13(14)16/h3-8H,1-2H3. The number of hydrogen-bond acceptors (Lipinski definition) is 0. The largest absolute Gasteiger partial charge is 0.0843 e. The first-order valence-corrected chi connectivity index (χ1v) is 5.86. The molecule has 0 saturated carbocycles. The highest BCUT2D eigenvalue weighted by Gasteiger charge is 2.07. The second-order valence-electron chi connectivity index (χ2n) is 3.95. The number of benzene rings is 2. The number of halogens is 2. The van der Waals surface area contributed by atoms with Crippen LogP contribution in [0.2, 0.25) is 10.0 Å². The van der Waals surface area contributed by atoms with Gasteiger partial charge in [0.25, 0.3) is 0 Å². The van der Waals surface area contributed by atoms with E-state index in [1.165, 1.54) is 0 Å². The second kappa shape index (κ2) is 4.48. The normalized spacial score (nSPS) is 10.5. The molecule has 0 amide bonds. The van der Waals surface area contributed by atoms with E-state index in [2.05, 4.69) is 19.1 Å². The molecule has 82 valence electrons. The minimum Gasteiger partial charge on any atom is -0.0843 e. The van der Waals surface area contributed by atoms with Crippen molar-refractivity contribution in [2.75, 3.05) is 0 Å². The lowest BCUT2D eigenvalue weighted by Crippen LogP contribution is -1.86. The van der Waals surface area contributed by atoms with Crippen LogP contribution in [-0.4, -0.2) is 0 Å². The van der Waals surface area contributed by atoms with Gasteiger partial charge in [-0.1, -0.05) is 41.4 Å². The zero-order chi connectivity index (χ0) is 11.7. The molecule has 2 rings (SSSR count). The van der Waals surface area contributed by atoms with E-state index in [4.69, 9.17) is 23.2 Å². The van der Waals surface area contributed by atoms with Gasteiger partial charge in [0.1, 0.15) is 0 Å². The maximum absolute atomic E-state index is 6.23. The molecule has 0 spiro atoms. The van der Waals surface area contributed by atoms with Crippen molar-refractivity contribution in [2.24, 2.45) is 0 Å². The van der Waals surface area contributed by atoms with Crippen molar-refractivity contribution in [3.63, 3.8) is 0 Å². The van der Waals surface area contributed by atoms with E-state index in [-0.39, 0.29) is 0 Å². The van der Waals surface area contributed by atoms with Gasteiger partial charge in [0.15, 0.2) is 0 Å². The lowest BCUT2D eigenvalue weighted by molar-refractivity contribution is 1.42. The average molecular weight is 251 g/mol. The van der Waals surface area contributed by atoms with Gasteiger partial charge in [-0.25, -0.2) is 0 Å². The Kier molecular flexibility index (Phi) is 3.22. The van der Waals surface area contributed by atoms with E-state index in [9.17, 15) is 0 Å². The molecule has 0 aliphatic heterocycles. The van der Waals surface area contributed by atoms with E-state index >= 15 is 0 Å². The number of rotatable bonds is 1. The van der Waals surface area contributed by atoms with Crippen LogP contribution in [-0.2, 0) is 0 Å². The van der Waals surface area contributed by atoms with Crippen molar-refractivity contribution in [1.82, 2.24) is 0 Å². The molecule has 16 heavy (non-hydrogen) atoms. The average Bonchev–Trinajstić information content (AvgIpc) is 2.15. The Bertz CT molecular complexity index is 490. The summed E-state index contributed by atoms with van der Waals surface area (Å²) in [6.07, 6.45) is 0. The Morgan fingerprint density at radius 2 is 1.69 bits per heavy atom. The minimum absolute atomic E-state index is 0.745. The molecule has 0 saturated heterocycles. The molecular formula is C14H12Cl2. The molecular weight excluding hydrogens is 239 g/mol. The summed E-state index contributed by atoms with van der Waals surface area (Å²) in [7, 11) is 0. The van der Waals surface area contributed by atoms with Crippen LogP contribution in [0.5, 0.6) is 0 Å². The summed E-state index contributed by atoms with van der Waals surface area (Å²) in [5.41, 5.74) is 4.44. The van der Waals surface area contributed by atoms with Crippen molar-refractivity contribution in [2.45, 2.75) is 13.8 Å². The van der Waals surface area contributed by atoms with Gasteiger partial charge >= 0.3 is 0 Å². The molecule has 2 heteroatoms. The van der Waals surface area contributed by atoms with Crippen LogP contribution in [0, 0.1) is 13.8 Å². The molecule has 0 N–H and O–H groups in total. The SMILES string of the molecule is Cc1cc(Cl)cc(-c2c(C)cccc2Cl)c1. The third-order valence-corrected chi connectivity index (χ3v) is 3.09. The third kappa shape index (κ3) is 2.23. The van der Waals surface area contributed by atoms with Crippen molar-refractivity contribution >= 4 is 23.2 Å². The predicted molar refractivity (Wildman–Crippen MR) is 71.4 cm³/mol. The van der Waals surface area contributed by atoms with E-state index in [1.807, 2.05) is 31.2 Å². The minimum atomic E-state index is 0.745. The van der Waals surface area contributed by atoms with E-state index in [0.29, 0.717) is 0 Å². The quantitative estimate of drug-likeness (QED) is 0.647. The summed E-state index contributed by atoms with van der Waals surface area (Å²) in [5, 5.41) is 1.51. The first kappa shape index (κ1) is 11.5. The molecule has 0 aliphatic rings. The number of aryl methyl sites for hydroxylation is 2. The molecule has 0 radical (unpaired) electrons. The van der Waals surface area contributed by atoms with E-state index in [1.54, 1.807) is 0 Å². The summed E-state index contributed by atoms with van der Waals surface area (Å²) in [6, 6.07) is 11.9. The smallest absolute Gasteiger partial charge is 0.0487 e. The molecule has 0 fully saturated rings. The monoisotopic (exact) mass is 250 g/mol. The molecule has 0 heterocycles. The van der Waals surface area contributed by atoms with Crippen LogP contribution in [0.1, 0.15) is 11.1 Å². The number of hydrogen-bond donors (Lipinski definition) is 0. The fourth-order valence-electron chi connectivity index (χ4n) is 1.88. The van der Waals surface area contributed by atoms with Crippen LogP contribution in [0.4, 0.5) is 0 Å². The Hall–Kier alpha value is -0.980. The van der Waals surface area contributed by atoms with Gasteiger partial charge in [0.2, 0.25) is 0 Å². The first-order valence-electron chi connectivity index (χ1n) is 5.10. The summed E-state index contributed by atoms with van der Waals surface area (Å²) in [4.78, 5) is 0. The summed E-state index contributed by atoms with van der Waals surface area (Å²) in [6.45, 7) is 4.08. The Morgan fingerprint density at radius 1 is 0.938 bits per heavy atom. The molecule has 0 nitrogen and oxygen atoms in total. The Labute approximate surface area is 106 Å². The highest BCUT2D eigenvalue weighted by molar-refractivity contribution is 6.34. The van der Waals surface area contributed by atoms with Crippen LogP contribution in [0.3, 0.4) is 0 Å². The maximum atomic E-state index is 6.23. The highest BCUT2D eigenvalue weighted by Crippen LogP contribution is 2.33. The van der Waals surface area contributed by atoms with Gasteiger partial charge in [0.05, 0.1) is 0 Å². The molecule has 2 aromatic carbocycles. The summed E-state index contributed by atoms with van der Waals surface area (Å²) in [5.74, 6) is 0. The van der Waals surface area contributed by atoms with Crippen LogP contribution >= 0.6 is 23.2 Å². The van der Waals surface area contributed by atoms with Gasteiger partial charge in [-0.3, -0.25) is 0 Å². The van der Waals surface area contributed by atoms with E-state index in [0.717, 1.165) is 32.3 Å². The molecule has 0 unspecified atom stereocenters. The van der Waals surface area contributed by atoms with Crippen molar-refractivity contribution < 1.29 is 0 Å². The second-order valence-corrected chi connectivity index (χ2v) is 4.79. The van der Waals surface area contributed by atoms with E-state index < -0.39 is 0 Å². The topological polar surface area (TPSA) is 0 Å². The zero-order valence-corrected chi connectivity index (χ0v) is 10.7. The first-order chi connectivity index (χ1) is 7.58. The maximum Gasteiger partial charge on any atom is 0.0487 e. The zero-order valence-electron chi connectivity index (χ0n) is 9.22. The highest BCUT2D eigenvalue weighted by atomic mass is 35.5. The van der Waals surface area contributed by atoms with Crippen molar-refractivity contribution in [1.29, 1.82) is 0 Å². The van der Waals surface area contributed by atoms with Crippen molar-refractivity contribution in [3.8, 4) is 11.1 Å². The Balaban J connectivity index is 2.67. The summed E-state index contributed by atoms with van der Waals surface area (Å²) < 4.78 is 0. The third-order valence-electron chi connectivity index (χ3n) is 2.55. The van der Waals surface area contributed by atoms with Gasteiger partial charge in [0, 0.05) is 15.6 Å².